The Balaban J connectivity index is 1.92. The fourth-order valence-corrected chi connectivity index (χ4v) is 6.21. The van der Waals surface area contributed by atoms with Crippen LogP contribution >= 0.6 is 17.3 Å². The van der Waals surface area contributed by atoms with Gasteiger partial charge in [-0.3, -0.25) is 0 Å². The molecule has 1 heterocycles. The Kier molecular flexibility index (Phi) is 6.73. The van der Waals surface area contributed by atoms with Gasteiger partial charge in [0.25, 0.3) is 0 Å². The molecule has 2 rings (SSSR count). The Morgan fingerprint density at radius 3 is 2.59 bits per heavy atom. The SMILES string of the molecule is C=S1C(CC)C1c1ccc(C=NN(C)[P+](=S)CCCC)cc1. The van der Waals surface area contributed by atoms with Gasteiger partial charge in [0.15, 0.2) is 11.8 Å². The second kappa shape index (κ2) is 8.33. The fourth-order valence-electron chi connectivity index (χ4n) is 2.53. The minimum Gasteiger partial charge on any atom is -0.180 e. The summed E-state index contributed by atoms with van der Waals surface area (Å²) >= 11 is 5.51. The van der Waals surface area contributed by atoms with Crippen LogP contribution < -0.4 is 0 Å². The molecule has 5 heteroatoms. The Morgan fingerprint density at radius 2 is 2.05 bits per heavy atom. The van der Waals surface area contributed by atoms with Gasteiger partial charge in [-0.05, 0) is 24.0 Å². The van der Waals surface area contributed by atoms with Crippen molar-refractivity contribution in [2.75, 3.05) is 13.2 Å². The van der Waals surface area contributed by atoms with E-state index in [0.717, 1.165) is 17.0 Å². The molecule has 4 atom stereocenters. The van der Waals surface area contributed by atoms with Crippen LogP contribution in [-0.4, -0.2) is 35.3 Å². The van der Waals surface area contributed by atoms with Gasteiger partial charge >= 0.3 is 6.85 Å². The van der Waals surface area contributed by atoms with Crippen molar-refractivity contribution in [2.24, 2.45) is 5.10 Å². The number of nitrogens with zero attached hydrogens (tertiary/aromatic N) is 2. The van der Waals surface area contributed by atoms with Crippen LogP contribution in [0.15, 0.2) is 29.4 Å². The van der Waals surface area contributed by atoms with Crippen molar-refractivity contribution in [1.29, 1.82) is 0 Å². The highest BCUT2D eigenvalue weighted by Crippen LogP contribution is 2.61. The van der Waals surface area contributed by atoms with E-state index in [1.165, 1.54) is 24.8 Å². The van der Waals surface area contributed by atoms with Gasteiger partial charge in [-0.1, -0.05) is 50.4 Å². The number of rotatable bonds is 8. The summed E-state index contributed by atoms with van der Waals surface area (Å²) < 4.78 is 1.95. The molecule has 1 aliphatic heterocycles. The molecular weight excluding hydrogens is 327 g/mol. The summed E-state index contributed by atoms with van der Waals surface area (Å²) in [6.45, 7) is 3.91. The lowest BCUT2D eigenvalue weighted by Gasteiger charge is -2.03. The summed E-state index contributed by atoms with van der Waals surface area (Å²) in [5.41, 5.74) is 2.58. The molecule has 0 bridgehead atoms. The van der Waals surface area contributed by atoms with Crippen LogP contribution in [0.25, 0.3) is 0 Å². The first-order valence-corrected chi connectivity index (χ1v) is 11.9. The van der Waals surface area contributed by atoms with E-state index < -0.39 is 6.85 Å². The monoisotopic (exact) mass is 353 g/mol. The van der Waals surface area contributed by atoms with E-state index in [4.69, 9.17) is 11.8 Å². The van der Waals surface area contributed by atoms with Gasteiger partial charge in [-0.15, -0.1) is 9.88 Å². The number of hydrogen-bond acceptors (Lipinski definition) is 2. The third-order valence-corrected chi connectivity index (χ3v) is 9.07. The quantitative estimate of drug-likeness (QED) is 0.211. The lowest BCUT2D eigenvalue weighted by Crippen LogP contribution is -2.02. The first-order chi connectivity index (χ1) is 10.6. The van der Waals surface area contributed by atoms with Crippen LogP contribution in [-0.2, 0) is 11.8 Å². The van der Waals surface area contributed by atoms with E-state index in [-0.39, 0.29) is 0 Å². The zero-order valence-corrected chi connectivity index (χ0v) is 16.3. The summed E-state index contributed by atoms with van der Waals surface area (Å²) in [5.74, 6) is 4.27. The van der Waals surface area contributed by atoms with Gasteiger partial charge in [0.05, 0.1) is 13.3 Å². The molecule has 0 saturated carbocycles. The lowest BCUT2D eigenvalue weighted by atomic mass is 10.1. The smallest absolute Gasteiger partial charge is 0.180 e. The van der Waals surface area contributed by atoms with Crippen molar-refractivity contribution in [2.45, 2.75) is 43.6 Å². The molecule has 2 nitrogen and oxygen atoms in total. The molecule has 1 fully saturated rings. The molecule has 0 spiro atoms. The maximum atomic E-state index is 5.51. The number of unbranched alkanes of at least 4 members (excludes halogenated alkanes) is 1. The molecular formula is C17H26N2PS2+. The highest BCUT2D eigenvalue weighted by Gasteiger charge is 2.40. The largest absolute Gasteiger partial charge is 0.310 e. The average molecular weight is 354 g/mol. The summed E-state index contributed by atoms with van der Waals surface area (Å²) in [7, 11) is 2.32. The molecule has 1 saturated heterocycles. The molecule has 22 heavy (non-hydrogen) atoms. The summed E-state index contributed by atoms with van der Waals surface area (Å²) in [5, 5.41) is 5.99. The Bertz CT molecular complexity index is 569. The number of hydrazone groups is 1. The summed E-state index contributed by atoms with van der Waals surface area (Å²) in [6.07, 6.45) is 6.63. The predicted molar refractivity (Wildman–Crippen MR) is 107 cm³/mol. The Morgan fingerprint density at radius 1 is 1.36 bits per heavy atom. The second-order valence-electron chi connectivity index (χ2n) is 5.67. The van der Waals surface area contributed by atoms with Gasteiger partial charge < -0.3 is 0 Å². The molecule has 1 aromatic rings. The van der Waals surface area contributed by atoms with Crippen LogP contribution in [0.5, 0.6) is 0 Å². The Labute approximate surface area is 143 Å². The van der Waals surface area contributed by atoms with Crippen molar-refractivity contribution in [1.82, 2.24) is 4.78 Å². The molecule has 1 aromatic carbocycles. The average Bonchev–Trinajstić information content (AvgIpc) is 3.20. The minimum absolute atomic E-state index is 0.332. The van der Waals surface area contributed by atoms with Crippen LogP contribution in [0.1, 0.15) is 49.5 Å². The molecule has 120 valence electrons. The number of benzene rings is 1. The van der Waals surface area contributed by atoms with Crippen molar-refractivity contribution in [3.8, 4) is 0 Å². The maximum Gasteiger partial charge on any atom is 0.310 e. The third kappa shape index (κ3) is 4.47. The zero-order valence-electron chi connectivity index (χ0n) is 13.7. The van der Waals surface area contributed by atoms with Crippen molar-refractivity contribution in [3.05, 3.63) is 35.4 Å². The molecule has 0 radical (unpaired) electrons. The first kappa shape index (κ1) is 17.8. The van der Waals surface area contributed by atoms with Gasteiger partial charge in [0, 0.05) is 10.5 Å². The van der Waals surface area contributed by atoms with Gasteiger partial charge in [-0.2, -0.15) is 10.5 Å². The van der Waals surface area contributed by atoms with E-state index in [1.807, 2.05) is 18.0 Å². The predicted octanol–water partition coefficient (Wildman–Crippen LogP) is 5.15. The topological polar surface area (TPSA) is 15.6 Å². The summed E-state index contributed by atoms with van der Waals surface area (Å²) in [6, 6.07) is 8.79. The van der Waals surface area contributed by atoms with Crippen LogP contribution in [0.2, 0.25) is 0 Å². The van der Waals surface area contributed by atoms with Crippen LogP contribution in [0.3, 0.4) is 0 Å². The molecule has 1 aliphatic rings. The molecule has 0 aromatic heterocycles. The zero-order chi connectivity index (χ0) is 16.1. The molecule has 0 aliphatic carbocycles. The van der Waals surface area contributed by atoms with E-state index in [0.29, 0.717) is 15.7 Å². The van der Waals surface area contributed by atoms with Gasteiger partial charge in [0.2, 0.25) is 0 Å². The van der Waals surface area contributed by atoms with Crippen molar-refractivity contribution >= 4 is 41.2 Å². The molecule has 0 N–H and O–H groups in total. The molecule has 0 amide bonds. The van der Waals surface area contributed by atoms with Crippen molar-refractivity contribution in [3.63, 3.8) is 0 Å². The van der Waals surface area contributed by atoms with E-state index in [1.54, 1.807) is 0 Å². The third-order valence-electron chi connectivity index (χ3n) is 4.04. The Hall–Kier alpha value is -0.570. The normalized spacial score (nSPS) is 24.5. The van der Waals surface area contributed by atoms with Gasteiger partial charge in [0.1, 0.15) is 6.16 Å². The maximum absolute atomic E-state index is 5.51. The number of hydrogen-bond donors (Lipinski definition) is 0. The molecule has 4 unspecified atom stereocenters. The van der Waals surface area contributed by atoms with Crippen molar-refractivity contribution < 1.29 is 0 Å². The highest BCUT2D eigenvalue weighted by atomic mass is 32.4. The highest BCUT2D eigenvalue weighted by molar-refractivity contribution is 8.21. The standard InChI is InChI=1S/C17H26N2PS2/c1-5-7-12-20(21)19(3)18-13-14-8-10-15(11-9-14)17-16(6-2)22(17)4/h8-11,13,16-17H,4-7,12H2,1-3H3/q+1. The van der Waals surface area contributed by atoms with Gasteiger partial charge in [-0.25, -0.2) is 0 Å². The van der Waals surface area contributed by atoms with E-state index in [2.05, 4.69) is 49.1 Å². The minimum atomic E-state index is -0.553. The van der Waals surface area contributed by atoms with Crippen LogP contribution in [0.4, 0.5) is 0 Å². The second-order valence-corrected chi connectivity index (χ2v) is 10.7. The van der Waals surface area contributed by atoms with E-state index in [9.17, 15) is 0 Å². The lowest BCUT2D eigenvalue weighted by molar-refractivity contribution is 0.603. The fraction of sp³-hybridized carbons (Fsp3) is 0.529. The first-order valence-electron chi connectivity index (χ1n) is 7.92. The summed E-state index contributed by atoms with van der Waals surface area (Å²) in [4.78, 5) is 0. The van der Waals surface area contributed by atoms with Crippen LogP contribution in [0, 0.1) is 0 Å². The van der Waals surface area contributed by atoms with E-state index >= 15 is 0 Å².